The highest BCUT2D eigenvalue weighted by molar-refractivity contribution is 6.42. The molecule has 0 heterocycles. The van der Waals surface area contributed by atoms with E-state index in [0.717, 1.165) is 0 Å². The van der Waals surface area contributed by atoms with Crippen molar-refractivity contribution < 1.29 is 18.9 Å². The predicted molar refractivity (Wildman–Crippen MR) is 105 cm³/mol. The van der Waals surface area contributed by atoms with Crippen LogP contribution in [0.2, 0.25) is 10.0 Å². The normalized spacial score (nSPS) is 11.7. The Morgan fingerprint density at radius 1 is 1.11 bits per heavy atom. The molecule has 27 heavy (non-hydrogen) atoms. The number of amides is 2. The van der Waals surface area contributed by atoms with Gasteiger partial charge in [-0.3, -0.25) is 9.59 Å². The highest BCUT2D eigenvalue weighted by atomic mass is 35.5. The lowest BCUT2D eigenvalue weighted by atomic mass is 10.2. The molecular formula is C19H21Cl2FN3O2+. The SMILES string of the molecule is CN(Cc1ccccc1F)C(=O)C[NH+](C)CC(=O)Nc1ccc(Cl)c(Cl)c1. The molecule has 0 aromatic heterocycles. The number of halogens is 3. The molecule has 8 heteroatoms. The zero-order valence-corrected chi connectivity index (χ0v) is 16.6. The summed E-state index contributed by atoms with van der Waals surface area (Å²) in [7, 11) is 3.35. The van der Waals surface area contributed by atoms with Crippen LogP contribution in [0, 0.1) is 5.82 Å². The van der Waals surface area contributed by atoms with E-state index in [2.05, 4.69) is 5.32 Å². The van der Waals surface area contributed by atoms with Gasteiger partial charge in [0.25, 0.3) is 11.8 Å². The van der Waals surface area contributed by atoms with Gasteiger partial charge in [0.1, 0.15) is 5.82 Å². The van der Waals surface area contributed by atoms with Gasteiger partial charge in [-0.15, -0.1) is 0 Å². The number of anilines is 1. The van der Waals surface area contributed by atoms with Crippen molar-refractivity contribution in [2.45, 2.75) is 6.54 Å². The van der Waals surface area contributed by atoms with Crippen molar-refractivity contribution >= 4 is 40.7 Å². The average Bonchev–Trinajstić information content (AvgIpc) is 2.59. The Kier molecular flexibility index (Phi) is 7.59. The number of quaternary nitrogens is 1. The molecule has 0 spiro atoms. The minimum atomic E-state index is -0.348. The van der Waals surface area contributed by atoms with Crippen LogP contribution in [0.4, 0.5) is 10.1 Å². The van der Waals surface area contributed by atoms with E-state index in [1.165, 1.54) is 11.0 Å². The summed E-state index contributed by atoms with van der Waals surface area (Å²) >= 11 is 11.8. The van der Waals surface area contributed by atoms with Gasteiger partial charge in [0.15, 0.2) is 13.1 Å². The lowest BCUT2D eigenvalue weighted by Gasteiger charge is -2.20. The fourth-order valence-electron chi connectivity index (χ4n) is 2.48. The van der Waals surface area contributed by atoms with E-state index in [1.807, 2.05) is 0 Å². The Balaban J connectivity index is 1.83. The van der Waals surface area contributed by atoms with Crippen molar-refractivity contribution in [3.8, 4) is 0 Å². The Hall–Kier alpha value is -2.15. The molecule has 144 valence electrons. The van der Waals surface area contributed by atoms with Crippen molar-refractivity contribution in [1.82, 2.24) is 4.90 Å². The van der Waals surface area contributed by atoms with Crippen LogP contribution >= 0.6 is 23.2 Å². The number of carbonyl (C=O) groups is 2. The maximum absolute atomic E-state index is 13.7. The van der Waals surface area contributed by atoms with Crippen molar-refractivity contribution in [2.24, 2.45) is 0 Å². The number of hydrogen-bond donors (Lipinski definition) is 2. The molecule has 1 unspecified atom stereocenters. The van der Waals surface area contributed by atoms with E-state index in [-0.39, 0.29) is 37.3 Å². The van der Waals surface area contributed by atoms with Gasteiger partial charge in [-0.2, -0.15) is 0 Å². The van der Waals surface area contributed by atoms with Crippen LogP contribution in [-0.2, 0) is 16.1 Å². The number of hydrogen-bond acceptors (Lipinski definition) is 2. The number of rotatable bonds is 7. The summed E-state index contributed by atoms with van der Waals surface area (Å²) < 4.78 is 13.7. The second-order valence-corrected chi connectivity index (χ2v) is 7.14. The number of nitrogens with one attached hydrogen (secondary N) is 2. The lowest BCUT2D eigenvalue weighted by molar-refractivity contribution is -0.862. The van der Waals surface area contributed by atoms with Crippen LogP contribution in [0.5, 0.6) is 0 Å². The third kappa shape index (κ3) is 6.50. The number of nitrogens with zero attached hydrogens (tertiary/aromatic N) is 1. The zero-order chi connectivity index (χ0) is 20.0. The van der Waals surface area contributed by atoms with Gasteiger partial charge < -0.3 is 15.1 Å². The largest absolute Gasteiger partial charge is 0.336 e. The fraction of sp³-hybridized carbons (Fsp3) is 0.263. The van der Waals surface area contributed by atoms with E-state index in [0.29, 0.717) is 26.2 Å². The summed E-state index contributed by atoms with van der Waals surface area (Å²) in [5.41, 5.74) is 0.980. The summed E-state index contributed by atoms with van der Waals surface area (Å²) in [4.78, 5) is 26.6. The van der Waals surface area contributed by atoms with Crippen LogP contribution in [0.25, 0.3) is 0 Å². The minimum Gasteiger partial charge on any atom is -0.336 e. The first kappa shape index (κ1) is 21.2. The molecule has 2 rings (SSSR count). The first-order valence-electron chi connectivity index (χ1n) is 8.30. The van der Waals surface area contributed by atoms with Crippen molar-refractivity contribution in [2.75, 3.05) is 32.5 Å². The van der Waals surface area contributed by atoms with Crippen LogP contribution in [0.15, 0.2) is 42.5 Å². The minimum absolute atomic E-state index is 0.0967. The lowest BCUT2D eigenvalue weighted by Crippen LogP contribution is -3.11. The molecule has 2 aromatic carbocycles. The van der Waals surface area contributed by atoms with E-state index in [4.69, 9.17) is 23.2 Å². The van der Waals surface area contributed by atoms with Gasteiger partial charge >= 0.3 is 0 Å². The summed E-state index contributed by atoms with van der Waals surface area (Å²) in [6.45, 7) is 0.382. The van der Waals surface area contributed by atoms with Crippen LogP contribution < -0.4 is 10.2 Å². The predicted octanol–water partition coefficient (Wildman–Crippen LogP) is 2.24. The standard InChI is InChI=1S/C19H20Cl2FN3O2/c1-24(11-18(26)23-14-7-8-15(20)16(21)9-14)12-19(27)25(2)10-13-5-3-4-6-17(13)22/h3-9H,10-12H2,1-2H3,(H,23,26)/p+1. The molecule has 0 radical (unpaired) electrons. The third-order valence-corrected chi connectivity index (χ3v) is 4.65. The van der Waals surface area contributed by atoms with E-state index in [9.17, 15) is 14.0 Å². The Morgan fingerprint density at radius 3 is 2.48 bits per heavy atom. The summed E-state index contributed by atoms with van der Waals surface area (Å²) in [5, 5.41) is 3.46. The van der Waals surface area contributed by atoms with Crippen molar-refractivity contribution in [3.05, 3.63) is 63.9 Å². The summed E-state index contributed by atoms with van der Waals surface area (Å²) in [5.74, 6) is -0.785. The highest BCUT2D eigenvalue weighted by Crippen LogP contribution is 2.24. The molecule has 0 aliphatic rings. The van der Waals surface area contributed by atoms with Gasteiger partial charge in [-0.1, -0.05) is 41.4 Å². The molecule has 2 N–H and O–H groups in total. The Morgan fingerprint density at radius 2 is 1.81 bits per heavy atom. The van der Waals surface area contributed by atoms with Crippen molar-refractivity contribution in [3.63, 3.8) is 0 Å². The number of benzene rings is 2. The molecule has 0 fully saturated rings. The first-order chi connectivity index (χ1) is 12.8. The fourth-order valence-corrected chi connectivity index (χ4v) is 2.78. The van der Waals surface area contributed by atoms with E-state index in [1.54, 1.807) is 50.5 Å². The average molecular weight is 413 g/mol. The molecule has 0 saturated carbocycles. The number of carbonyl (C=O) groups excluding carboxylic acids is 2. The van der Waals surface area contributed by atoms with Crippen molar-refractivity contribution in [1.29, 1.82) is 0 Å². The third-order valence-electron chi connectivity index (χ3n) is 3.91. The van der Waals surface area contributed by atoms with E-state index < -0.39 is 0 Å². The van der Waals surface area contributed by atoms with Gasteiger partial charge in [0, 0.05) is 24.8 Å². The topological polar surface area (TPSA) is 53.9 Å². The smallest absolute Gasteiger partial charge is 0.279 e. The molecule has 0 saturated heterocycles. The second kappa shape index (κ2) is 9.69. The van der Waals surface area contributed by atoms with Crippen LogP contribution in [0.3, 0.4) is 0 Å². The van der Waals surface area contributed by atoms with Crippen LogP contribution in [-0.4, -0.2) is 43.9 Å². The molecule has 2 amide bonds. The zero-order valence-electron chi connectivity index (χ0n) is 15.1. The van der Waals surface area contributed by atoms with Gasteiger partial charge in [-0.25, -0.2) is 4.39 Å². The Labute approximate surface area is 167 Å². The highest BCUT2D eigenvalue weighted by Gasteiger charge is 2.18. The molecule has 0 bridgehead atoms. The molecule has 5 nitrogen and oxygen atoms in total. The molecule has 0 aliphatic heterocycles. The summed E-state index contributed by atoms with van der Waals surface area (Å²) in [6.07, 6.45) is 0. The van der Waals surface area contributed by atoms with E-state index >= 15 is 0 Å². The first-order valence-corrected chi connectivity index (χ1v) is 9.05. The monoisotopic (exact) mass is 412 g/mol. The van der Waals surface area contributed by atoms with Crippen LogP contribution in [0.1, 0.15) is 5.56 Å². The van der Waals surface area contributed by atoms with Gasteiger partial charge in [-0.05, 0) is 24.3 Å². The Bertz CT molecular complexity index is 832. The molecule has 1 atom stereocenters. The van der Waals surface area contributed by atoms with Gasteiger partial charge in [0.05, 0.1) is 17.1 Å². The second-order valence-electron chi connectivity index (χ2n) is 6.33. The quantitative estimate of drug-likeness (QED) is 0.732. The molecule has 2 aromatic rings. The maximum atomic E-state index is 13.7. The molecule has 0 aliphatic carbocycles. The number of likely N-dealkylation sites (N-methyl/N-ethyl adjacent to an activating group) is 2. The summed E-state index contributed by atoms with van der Waals surface area (Å²) in [6, 6.07) is 11.1. The van der Waals surface area contributed by atoms with Gasteiger partial charge in [0.2, 0.25) is 0 Å². The molecular weight excluding hydrogens is 392 g/mol. The maximum Gasteiger partial charge on any atom is 0.279 e.